The maximum absolute atomic E-state index is 4.60. The molecule has 0 saturated heterocycles. The van der Waals surface area contributed by atoms with Crippen LogP contribution in [0.25, 0.3) is 22.2 Å². The first-order valence-electron chi connectivity index (χ1n) is 6.99. The summed E-state index contributed by atoms with van der Waals surface area (Å²) in [6.07, 6.45) is 0. The molecule has 0 fully saturated rings. The molecule has 4 nitrogen and oxygen atoms in total. The van der Waals surface area contributed by atoms with Gasteiger partial charge in [0.1, 0.15) is 11.6 Å². The molecule has 0 aliphatic carbocycles. The number of nitrogens with one attached hydrogen (secondary N) is 1. The molecule has 0 saturated carbocycles. The standard InChI is InChI=1S/C17H18N4/c1-10-5-6-13-9-14(7-8-15(13)19-10)16-11(2)17(18-4)21-12(3)20-16/h5-9H,1-4H3,(H,18,20,21). The lowest BCUT2D eigenvalue weighted by molar-refractivity contribution is 1.04. The number of rotatable bonds is 2. The van der Waals surface area contributed by atoms with Gasteiger partial charge in [0.15, 0.2) is 0 Å². The zero-order valence-corrected chi connectivity index (χ0v) is 12.7. The van der Waals surface area contributed by atoms with E-state index >= 15 is 0 Å². The molecule has 0 aliphatic rings. The average molecular weight is 278 g/mol. The third kappa shape index (κ3) is 2.44. The second-order valence-electron chi connectivity index (χ2n) is 5.20. The minimum atomic E-state index is 0.766. The molecule has 106 valence electrons. The molecule has 0 bridgehead atoms. The summed E-state index contributed by atoms with van der Waals surface area (Å²) in [7, 11) is 1.88. The molecule has 0 amide bonds. The van der Waals surface area contributed by atoms with Crippen molar-refractivity contribution in [1.82, 2.24) is 15.0 Å². The molecule has 3 rings (SSSR count). The van der Waals surface area contributed by atoms with Crippen LogP contribution in [0.2, 0.25) is 0 Å². The van der Waals surface area contributed by atoms with Gasteiger partial charge in [-0.25, -0.2) is 9.97 Å². The van der Waals surface area contributed by atoms with Gasteiger partial charge in [-0.15, -0.1) is 0 Å². The lowest BCUT2D eigenvalue weighted by atomic mass is 10.0. The number of benzene rings is 1. The second kappa shape index (κ2) is 5.13. The highest BCUT2D eigenvalue weighted by molar-refractivity contribution is 5.85. The van der Waals surface area contributed by atoms with Crippen molar-refractivity contribution in [1.29, 1.82) is 0 Å². The van der Waals surface area contributed by atoms with Gasteiger partial charge < -0.3 is 5.32 Å². The Labute approximate surface area is 124 Å². The summed E-state index contributed by atoms with van der Waals surface area (Å²) in [5.74, 6) is 1.64. The Hall–Kier alpha value is -2.49. The Morgan fingerprint density at radius 2 is 1.71 bits per heavy atom. The third-order valence-corrected chi connectivity index (χ3v) is 3.60. The predicted octanol–water partition coefficient (Wildman–Crippen LogP) is 3.66. The third-order valence-electron chi connectivity index (χ3n) is 3.60. The Morgan fingerprint density at radius 3 is 2.48 bits per heavy atom. The first-order chi connectivity index (χ1) is 10.1. The van der Waals surface area contributed by atoms with E-state index in [0.29, 0.717) is 0 Å². The van der Waals surface area contributed by atoms with Crippen LogP contribution in [0.15, 0.2) is 30.3 Å². The van der Waals surface area contributed by atoms with Gasteiger partial charge in [-0.1, -0.05) is 12.1 Å². The molecule has 2 aromatic heterocycles. The van der Waals surface area contributed by atoms with Gasteiger partial charge in [0.2, 0.25) is 0 Å². The fourth-order valence-corrected chi connectivity index (χ4v) is 2.53. The van der Waals surface area contributed by atoms with E-state index in [4.69, 9.17) is 0 Å². The van der Waals surface area contributed by atoms with Crippen LogP contribution < -0.4 is 5.32 Å². The van der Waals surface area contributed by atoms with Crippen molar-refractivity contribution in [3.63, 3.8) is 0 Å². The molecule has 2 heterocycles. The van der Waals surface area contributed by atoms with E-state index in [9.17, 15) is 0 Å². The first-order valence-corrected chi connectivity index (χ1v) is 6.99. The molecular formula is C17H18N4. The summed E-state index contributed by atoms with van der Waals surface area (Å²) < 4.78 is 0. The number of anilines is 1. The van der Waals surface area contributed by atoms with E-state index in [2.05, 4.69) is 38.5 Å². The lowest BCUT2D eigenvalue weighted by Crippen LogP contribution is -2.02. The van der Waals surface area contributed by atoms with Crippen molar-refractivity contribution in [2.24, 2.45) is 0 Å². The van der Waals surface area contributed by atoms with Gasteiger partial charge in [0, 0.05) is 29.3 Å². The van der Waals surface area contributed by atoms with Crippen molar-refractivity contribution >= 4 is 16.7 Å². The maximum atomic E-state index is 4.60. The highest BCUT2D eigenvalue weighted by Crippen LogP contribution is 2.28. The van der Waals surface area contributed by atoms with Crippen LogP contribution in [0.1, 0.15) is 17.1 Å². The zero-order valence-electron chi connectivity index (χ0n) is 12.7. The highest BCUT2D eigenvalue weighted by Gasteiger charge is 2.11. The van der Waals surface area contributed by atoms with Crippen LogP contribution in [0, 0.1) is 20.8 Å². The Kier molecular flexibility index (Phi) is 3.29. The summed E-state index contributed by atoms with van der Waals surface area (Å²) in [6.45, 7) is 5.96. The summed E-state index contributed by atoms with van der Waals surface area (Å²) in [5.41, 5.74) is 5.15. The topological polar surface area (TPSA) is 50.7 Å². The van der Waals surface area contributed by atoms with Crippen LogP contribution in [-0.4, -0.2) is 22.0 Å². The molecule has 0 unspecified atom stereocenters. The molecule has 0 spiro atoms. The number of aromatic nitrogens is 3. The minimum absolute atomic E-state index is 0.766. The van der Waals surface area contributed by atoms with Gasteiger partial charge in [0.25, 0.3) is 0 Å². The average Bonchev–Trinajstić information content (AvgIpc) is 2.48. The van der Waals surface area contributed by atoms with Crippen molar-refractivity contribution < 1.29 is 0 Å². The van der Waals surface area contributed by atoms with Crippen LogP contribution in [0.3, 0.4) is 0 Å². The molecule has 0 aliphatic heterocycles. The summed E-state index contributed by atoms with van der Waals surface area (Å²) in [4.78, 5) is 13.6. The smallest absolute Gasteiger partial charge is 0.132 e. The monoisotopic (exact) mass is 278 g/mol. The molecule has 21 heavy (non-hydrogen) atoms. The number of nitrogens with zero attached hydrogens (tertiary/aromatic N) is 3. The molecule has 0 atom stereocenters. The number of aryl methyl sites for hydroxylation is 2. The van der Waals surface area contributed by atoms with E-state index in [0.717, 1.165) is 45.1 Å². The fourth-order valence-electron chi connectivity index (χ4n) is 2.53. The van der Waals surface area contributed by atoms with Crippen LogP contribution in [-0.2, 0) is 0 Å². The fraction of sp³-hybridized carbons (Fsp3) is 0.235. The number of pyridine rings is 1. The van der Waals surface area contributed by atoms with Gasteiger partial charge in [0.05, 0.1) is 11.2 Å². The number of hydrogen-bond donors (Lipinski definition) is 1. The van der Waals surface area contributed by atoms with E-state index in [1.54, 1.807) is 0 Å². The van der Waals surface area contributed by atoms with Crippen molar-refractivity contribution in [3.8, 4) is 11.3 Å². The van der Waals surface area contributed by atoms with Crippen molar-refractivity contribution in [2.75, 3.05) is 12.4 Å². The maximum Gasteiger partial charge on any atom is 0.132 e. The van der Waals surface area contributed by atoms with E-state index in [1.807, 2.05) is 40.0 Å². The van der Waals surface area contributed by atoms with Crippen LogP contribution in [0.5, 0.6) is 0 Å². The van der Waals surface area contributed by atoms with Crippen molar-refractivity contribution in [3.05, 3.63) is 47.4 Å². The van der Waals surface area contributed by atoms with Gasteiger partial charge in [-0.2, -0.15) is 0 Å². The predicted molar refractivity (Wildman–Crippen MR) is 86.5 cm³/mol. The normalized spacial score (nSPS) is 10.9. The Morgan fingerprint density at radius 1 is 0.905 bits per heavy atom. The van der Waals surface area contributed by atoms with Gasteiger partial charge in [-0.05, 0) is 39.0 Å². The summed E-state index contributed by atoms with van der Waals surface area (Å²) >= 11 is 0. The molecule has 4 heteroatoms. The Bertz CT molecular complexity index is 824. The number of fused-ring (bicyclic) bond motifs is 1. The quantitative estimate of drug-likeness (QED) is 0.777. The highest BCUT2D eigenvalue weighted by atomic mass is 15.0. The molecule has 0 radical (unpaired) electrons. The molecule has 3 aromatic rings. The van der Waals surface area contributed by atoms with E-state index < -0.39 is 0 Å². The van der Waals surface area contributed by atoms with Gasteiger partial charge in [-0.3, -0.25) is 4.98 Å². The molecular weight excluding hydrogens is 260 g/mol. The van der Waals surface area contributed by atoms with E-state index in [1.165, 1.54) is 0 Å². The van der Waals surface area contributed by atoms with E-state index in [-0.39, 0.29) is 0 Å². The Balaban J connectivity index is 2.20. The second-order valence-corrected chi connectivity index (χ2v) is 5.20. The minimum Gasteiger partial charge on any atom is -0.373 e. The largest absolute Gasteiger partial charge is 0.373 e. The summed E-state index contributed by atoms with van der Waals surface area (Å²) in [5, 5.41) is 4.25. The van der Waals surface area contributed by atoms with Crippen LogP contribution in [0.4, 0.5) is 5.82 Å². The number of hydrogen-bond acceptors (Lipinski definition) is 4. The van der Waals surface area contributed by atoms with Crippen LogP contribution >= 0.6 is 0 Å². The first kappa shape index (κ1) is 13.5. The van der Waals surface area contributed by atoms with Crippen molar-refractivity contribution in [2.45, 2.75) is 20.8 Å². The molecule has 1 aromatic carbocycles. The lowest BCUT2D eigenvalue weighted by Gasteiger charge is -2.11. The summed E-state index contributed by atoms with van der Waals surface area (Å²) in [6, 6.07) is 10.4. The molecule has 1 N–H and O–H groups in total. The van der Waals surface area contributed by atoms with Gasteiger partial charge >= 0.3 is 0 Å². The zero-order chi connectivity index (χ0) is 15.0. The SMILES string of the molecule is CNc1nc(C)nc(-c2ccc3nc(C)ccc3c2)c1C.